The van der Waals surface area contributed by atoms with Gasteiger partial charge in [-0.05, 0) is 25.2 Å². The van der Waals surface area contributed by atoms with Crippen LogP contribution in [0.1, 0.15) is 25.0 Å². The molecule has 1 aromatic heterocycles. The summed E-state index contributed by atoms with van der Waals surface area (Å²) in [6.07, 6.45) is 5.75. The Bertz CT molecular complexity index is 284. The molecular formula is C9H15N3O. The van der Waals surface area contributed by atoms with Crippen molar-refractivity contribution in [1.29, 1.82) is 0 Å². The number of hydrogen-bond donors (Lipinski definition) is 1. The van der Waals surface area contributed by atoms with Crippen molar-refractivity contribution in [3.8, 4) is 0 Å². The lowest BCUT2D eigenvalue weighted by Crippen LogP contribution is -2.15. The molecule has 1 aliphatic rings. The van der Waals surface area contributed by atoms with E-state index in [1.807, 2.05) is 7.05 Å². The summed E-state index contributed by atoms with van der Waals surface area (Å²) in [5.41, 5.74) is 0.994. The fourth-order valence-electron chi connectivity index (χ4n) is 2.01. The molecule has 0 amide bonds. The molecule has 0 spiro atoms. The molecule has 0 aliphatic heterocycles. The normalized spacial score (nSPS) is 28.2. The van der Waals surface area contributed by atoms with E-state index in [-0.39, 0.29) is 6.10 Å². The Morgan fingerprint density at radius 3 is 3.00 bits per heavy atom. The molecular weight excluding hydrogens is 166 g/mol. The van der Waals surface area contributed by atoms with Crippen LogP contribution in [0.3, 0.4) is 0 Å². The van der Waals surface area contributed by atoms with Crippen molar-refractivity contribution in [2.45, 2.75) is 31.8 Å². The molecule has 0 aromatic carbocycles. The number of aliphatic hydroxyl groups excluding tert-OH is 1. The van der Waals surface area contributed by atoms with Crippen LogP contribution in [0.15, 0.2) is 6.20 Å². The first-order valence-electron chi connectivity index (χ1n) is 4.79. The summed E-state index contributed by atoms with van der Waals surface area (Å²) in [6, 6.07) is 0. The minimum Gasteiger partial charge on any atom is -0.393 e. The first-order valence-corrected chi connectivity index (χ1v) is 4.79. The smallest absolute Gasteiger partial charge is 0.0830 e. The van der Waals surface area contributed by atoms with Gasteiger partial charge in [0, 0.05) is 7.05 Å². The molecule has 13 heavy (non-hydrogen) atoms. The number of aromatic nitrogens is 3. The summed E-state index contributed by atoms with van der Waals surface area (Å²) in [5, 5.41) is 17.8. The Morgan fingerprint density at radius 2 is 2.46 bits per heavy atom. The number of aryl methyl sites for hydroxylation is 1. The van der Waals surface area contributed by atoms with Crippen molar-refractivity contribution in [3.63, 3.8) is 0 Å². The van der Waals surface area contributed by atoms with Gasteiger partial charge in [-0.1, -0.05) is 6.42 Å². The molecule has 0 unspecified atom stereocenters. The summed E-state index contributed by atoms with van der Waals surface area (Å²) < 4.78 is 0. The predicted octanol–water partition coefficient (Wildman–Crippen LogP) is 0.519. The summed E-state index contributed by atoms with van der Waals surface area (Å²) in [4.78, 5) is 1.57. The lowest BCUT2D eigenvalue weighted by Gasteiger charge is -2.11. The second-order valence-electron chi connectivity index (χ2n) is 3.79. The monoisotopic (exact) mass is 181 g/mol. The van der Waals surface area contributed by atoms with Crippen molar-refractivity contribution in [2.75, 3.05) is 0 Å². The molecule has 0 bridgehead atoms. The maximum absolute atomic E-state index is 9.60. The third kappa shape index (κ3) is 1.88. The van der Waals surface area contributed by atoms with Crippen LogP contribution in [-0.4, -0.2) is 26.2 Å². The van der Waals surface area contributed by atoms with Crippen molar-refractivity contribution >= 4 is 0 Å². The fourth-order valence-corrected chi connectivity index (χ4v) is 2.01. The second-order valence-corrected chi connectivity index (χ2v) is 3.79. The van der Waals surface area contributed by atoms with Gasteiger partial charge in [0.15, 0.2) is 0 Å². The van der Waals surface area contributed by atoms with Crippen LogP contribution in [-0.2, 0) is 13.5 Å². The molecule has 2 atom stereocenters. The van der Waals surface area contributed by atoms with E-state index >= 15 is 0 Å². The van der Waals surface area contributed by atoms with Gasteiger partial charge in [-0.3, -0.25) is 0 Å². The van der Waals surface area contributed by atoms with Gasteiger partial charge in [0.1, 0.15) is 0 Å². The van der Waals surface area contributed by atoms with Crippen LogP contribution < -0.4 is 0 Å². The maximum Gasteiger partial charge on any atom is 0.0830 e. The van der Waals surface area contributed by atoms with Crippen LogP contribution in [0.4, 0.5) is 0 Å². The number of hydrogen-bond acceptors (Lipinski definition) is 3. The highest BCUT2D eigenvalue weighted by Crippen LogP contribution is 2.27. The lowest BCUT2D eigenvalue weighted by molar-refractivity contribution is 0.132. The molecule has 72 valence electrons. The molecule has 1 aromatic rings. The fraction of sp³-hybridized carbons (Fsp3) is 0.778. The molecule has 2 rings (SSSR count). The zero-order valence-corrected chi connectivity index (χ0v) is 7.85. The van der Waals surface area contributed by atoms with Gasteiger partial charge in [-0.15, -0.1) is 0 Å². The molecule has 4 nitrogen and oxygen atoms in total. The van der Waals surface area contributed by atoms with Gasteiger partial charge in [0.05, 0.1) is 18.0 Å². The Balaban J connectivity index is 1.97. The van der Waals surface area contributed by atoms with Crippen molar-refractivity contribution in [2.24, 2.45) is 13.0 Å². The second kappa shape index (κ2) is 3.46. The first-order chi connectivity index (χ1) is 6.25. The average Bonchev–Trinajstić information content (AvgIpc) is 2.64. The molecule has 1 N–H and O–H groups in total. The van der Waals surface area contributed by atoms with Gasteiger partial charge in [-0.25, -0.2) is 0 Å². The number of rotatable bonds is 2. The third-order valence-corrected chi connectivity index (χ3v) is 2.74. The van der Waals surface area contributed by atoms with Gasteiger partial charge >= 0.3 is 0 Å². The van der Waals surface area contributed by atoms with E-state index in [9.17, 15) is 5.11 Å². The SMILES string of the molecule is Cn1ncc(C[C@@H]2CCC[C@H]2O)n1. The van der Waals surface area contributed by atoms with Crippen LogP contribution in [0, 0.1) is 5.92 Å². The van der Waals surface area contributed by atoms with E-state index in [1.54, 1.807) is 11.0 Å². The maximum atomic E-state index is 9.60. The van der Waals surface area contributed by atoms with Crippen LogP contribution in [0.2, 0.25) is 0 Å². The van der Waals surface area contributed by atoms with Crippen LogP contribution in [0.5, 0.6) is 0 Å². The summed E-state index contributed by atoms with van der Waals surface area (Å²) >= 11 is 0. The van der Waals surface area contributed by atoms with Crippen molar-refractivity contribution in [1.82, 2.24) is 15.0 Å². The highest BCUT2D eigenvalue weighted by atomic mass is 16.3. The quantitative estimate of drug-likeness (QED) is 0.723. The molecule has 0 saturated heterocycles. The average molecular weight is 181 g/mol. The first kappa shape index (κ1) is 8.69. The lowest BCUT2D eigenvalue weighted by atomic mass is 10.0. The molecule has 1 heterocycles. The zero-order chi connectivity index (χ0) is 9.26. The van der Waals surface area contributed by atoms with Crippen molar-refractivity contribution < 1.29 is 5.11 Å². The van der Waals surface area contributed by atoms with Gasteiger partial charge < -0.3 is 5.11 Å². The Labute approximate surface area is 77.6 Å². The van der Waals surface area contributed by atoms with Crippen molar-refractivity contribution in [3.05, 3.63) is 11.9 Å². The van der Waals surface area contributed by atoms with Crippen LogP contribution >= 0.6 is 0 Å². The highest BCUT2D eigenvalue weighted by Gasteiger charge is 2.25. The molecule has 1 fully saturated rings. The van der Waals surface area contributed by atoms with E-state index < -0.39 is 0 Å². The highest BCUT2D eigenvalue weighted by molar-refractivity contribution is 4.95. The third-order valence-electron chi connectivity index (χ3n) is 2.74. The molecule has 0 radical (unpaired) electrons. The van der Waals surface area contributed by atoms with E-state index in [1.165, 1.54) is 0 Å². The summed E-state index contributed by atoms with van der Waals surface area (Å²) in [6.45, 7) is 0. The summed E-state index contributed by atoms with van der Waals surface area (Å²) in [7, 11) is 1.81. The van der Waals surface area contributed by atoms with Gasteiger partial charge in [-0.2, -0.15) is 15.0 Å². The van der Waals surface area contributed by atoms with E-state index in [0.717, 1.165) is 31.4 Å². The van der Waals surface area contributed by atoms with E-state index in [0.29, 0.717) is 5.92 Å². The Hall–Kier alpha value is -0.900. The van der Waals surface area contributed by atoms with Crippen LogP contribution in [0.25, 0.3) is 0 Å². The minimum atomic E-state index is -0.123. The zero-order valence-electron chi connectivity index (χ0n) is 7.85. The Kier molecular flexibility index (Phi) is 2.31. The number of aliphatic hydroxyl groups is 1. The summed E-state index contributed by atoms with van der Waals surface area (Å²) in [5.74, 6) is 0.400. The van der Waals surface area contributed by atoms with Gasteiger partial charge in [0.25, 0.3) is 0 Å². The van der Waals surface area contributed by atoms with E-state index in [4.69, 9.17) is 0 Å². The predicted molar refractivity (Wildman–Crippen MR) is 48.1 cm³/mol. The molecule has 1 saturated carbocycles. The molecule has 4 heteroatoms. The van der Waals surface area contributed by atoms with Gasteiger partial charge in [0.2, 0.25) is 0 Å². The Morgan fingerprint density at radius 1 is 1.62 bits per heavy atom. The largest absolute Gasteiger partial charge is 0.393 e. The number of nitrogens with zero attached hydrogens (tertiary/aromatic N) is 3. The minimum absolute atomic E-state index is 0.123. The standard InChI is InChI=1S/C9H15N3O/c1-12-10-6-8(11-12)5-7-3-2-4-9(7)13/h6-7,9,13H,2-5H2,1H3/t7-,9+/m0/s1. The molecule has 1 aliphatic carbocycles. The van der Waals surface area contributed by atoms with E-state index in [2.05, 4.69) is 10.2 Å². The topological polar surface area (TPSA) is 50.9 Å².